The second kappa shape index (κ2) is 7.36. The molecule has 0 amide bonds. The van der Waals surface area contributed by atoms with E-state index < -0.39 is 0 Å². The summed E-state index contributed by atoms with van der Waals surface area (Å²) in [4.78, 5) is 11.7. The van der Waals surface area contributed by atoms with Crippen molar-refractivity contribution in [2.75, 3.05) is 13.7 Å². The third kappa shape index (κ3) is 4.06. The molecule has 1 heterocycles. The van der Waals surface area contributed by atoms with Gasteiger partial charge in [-0.3, -0.25) is 0 Å². The van der Waals surface area contributed by atoms with Gasteiger partial charge < -0.3 is 9.47 Å². The Labute approximate surface area is 104 Å². The largest absolute Gasteiger partial charge is 0.497 e. The van der Waals surface area contributed by atoms with Crippen molar-refractivity contribution in [1.29, 1.82) is 0 Å². The summed E-state index contributed by atoms with van der Waals surface area (Å²) in [7, 11) is 1.44. The summed E-state index contributed by atoms with van der Waals surface area (Å²) in [5.41, 5.74) is 0.758. The van der Waals surface area contributed by atoms with E-state index >= 15 is 0 Å². The van der Waals surface area contributed by atoms with Gasteiger partial charge in [0.25, 0.3) is 0 Å². The Morgan fingerprint density at radius 3 is 2.71 bits per heavy atom. The lowest BCUT2D eigenvalue weighted by atomic mass is 9.99. The van der Waals surface area contributed by atoms with Crippen LogP contribution in [0.1, 0.15) is 52.4 Å². The first kappa shape index (κ1) is 14.1. The number of methoxy groups -OCH3 is 1. The Kier molecular flexibility index (Phi) is 6.09. The van der Waals surface area contributed by atoms with Gasteiger partial charge in [0.2, 0.25) is 0 Å². The summed E-state index contributed by atoms with van der Waals surface area (Å²) in [5, 5.41) is 0. The van der Waals surface area contributed by atoms with Crippen molar-refractivity contribution in [1.82, 2.24) is 0 Å². The molecule has 3 heteroatoms. The van der Waals surface area contributed by atoms with Gasteiger partial charge in [-0.05, 0) is 19.3 Å². The molecule has 1 fully saturated rings. The number of carbonyl (C=O) groups is 1. The van der Waals surface area contributed by atoms with Gasteiger partial charge in [-0.15, -0.1) is 0 Å². The highest BCUT2D eigenvalue weighted by Gasteiger charge is 2.26. The van der Waals surface area contributed by atoms with E-state index in [1.165, 1.54) is 26.4 Å². The highest BCUT2D eigenvalue weighted by Crippen LogP contribution is 2.29. The van der Waals surface area contributed by atoms with Crippen LogP contribution in [-0.2, 0) is 14.3 Å². The molecule has 0 aromatic heterocycles. The predicted octanol–water partition coefficient (Wildman–Crippen LogP) is 3.44. The molecule has 0 N–H and O–H groups in total. The summed E-state index contributed by atoms with van der Waals surface area (Å²) < 4.78 is 10.4. The van der Waals surface area contributed by atoms with Gasteiger partial charge in [0.05, 0.1) is 19.3 Å². The van der Waals surface area contributed by atoms with Crippen LogP contribution in [0.3, 0.4) is 0 Å². The molecule has 98 valence electrons. The predicted molar refractivity (Wildman–Crippen MR) is 67.5 cm³/mol. The van der Waals surface area contributed by atoms with Crippen LogP contribution in [0.4, 0.5) is 0 Å². The van der Waals surface area contributed by atoms with Crippen LogP contribution in [0.25, 0.3) is 0 Å². The molecule has 0 aliphatic carbocycles. The third-order valence-corrected chi connectivity index (χ3v) is 3.27. The lowest BCUT2D eigenvalue weighted by Crippen LogP contribution is -2.10. The summed E-state index contributed by atoms with van der Waals surface area (Å²) >= 11 is 0. The molecule has 3 nitrogen and oxygen atoms in total. The van der Waals surface area contributed by atoms with Crippen LogP contribution in [0.5, 0.6) is 0 Å². The summed E-state index contributed by atoms with van der Waals surface area (Å²) in [6.07, 6.45) is 6.42. The molecule has 1 atom stereocenters. The van der Waals surface area contributed by atoms with Crippen molar-refractivity contribution in [2.24, 2.45) is 5.92 Å². The first-order chi connectivity index (χ1) is 8.20. The van der Waals surface area contributed by atoms with Crippen molar-refractivity contribution in [3.05, 3.63) is 11.3 Å². The van der Waals surface area contributed by atoms with Crippen molar-refractivity contribution >= 4 is 5.97 Å². The number of esters is 1. The fourth-order valence-electron chi connectivity index (χ4n) is 2.18. The van der Waals surface area contributed by atoms with Crippen LogP contribution in [0.2, 0.25) is 0 Å². The van der Waals surface area contributed by atoms with E-state index in [0.29, 0.717) is 5.92 Å². The molecule has 1 aliphatic rings. The first-order valence-corrected chi connectivity index (χ1v) is 6.64. The maximum atomic E-state index is 11.7. The minimum Gasteiger partial charge on any atom is -0.497 e. The summed E-state index contributed by atoms with van der Waals surface area (Å²) in [5.74, 6) is 1.01. The SMILES string of the molecule is CCCCCC/C(C(=O)OC)=C1\OCCC1C. The molecule has 0 bridgehead atoms. The van der Waals surface area contributed by atoms with Crippen LogP contribution < -0.4 is 0 Å². The molecule has 0 aromatic carbocycles. The van der Waals surface area contributed by atoms with E-state index in [0.717, 1.165) is 37.2 Å². The standard InChI is InChI=1S/C14H24O3/c1-4-5-6-7-8-12(14(15)16-3)13-11(2)9-10-17-13/h11H,4-10H2,1-3H3/b13-12+. The highest BCUT2D eigenvalue weighted by molar-refractivity contribution is 5.89. The molecule has 1 saturated heterocycles. The zero-order valence-corrected chi connectivity index (χ0v) is 11.3. The van der Waals surface area contributed by atoms with E-state index in [-0.39, 0.29) is 5.97 Å². The van der Waals surface area contributed by atoms with Gasteiger partial charge in [-0.25, -0.2) is 4.79 Å². The van der Waals surface area contributed by atoms with Crippen molar-refractivity contribution < 1.29 is 14.3 Å². The van der Waals surface area contributed by atoms with E-state index in [1.54, 1.807) is 0 Å². The smallest absolute Gasteiger partial charge is 0.337 e. The van der Waals surface area contributed by atoms with Crippen LogP contribution in [-0.4, -0.2) is 19.7 Å². The van der Waals surface area contributed by atoms with E-state index in [4.69, 9.17) is 9.47 Å². The molecule has 0 spiro atoms. The van der Waals surface area contributed by atoms with Gasteiger partial charge in [0.1, 0.15) is 5.76 Å². The van der Waals surface area contributed by atoms with Gasteiger partial charge in [-0.2, -0.15) is 0 Å². The molecular formula is C14H24O3. The maximum absolute atomic E-state index is 11.7. The molecular weight excluding hydrogens is 216 g/mol. The molecule has 1 aliphatic heterocycles. The minimum atomic E-state index is -0.217. The average Bonchev–Trinajstić information content (AvgIpc) is 2.75. The fourth-order valence-corrected chi connectivity index (χ4v) is 2.18. The van der Waals surface area contributed by atoms with Crippen molar-refractivity contribution in [3.63, 3.8) is 0 Å². The van der Waals surface area contributed by atoms with Crippen LogP contribution >= 0.6 is 0 Å². The quantitative estimate of drug-likeness (QED) is 0.405. The molecule has 1 unspecified atom stereocenters. The summed E-state index contributed by atoms with van der Waals surface area (Å²) in [6, 6.07) is 0. The molecule has 0 saturated carbocycles. The highest BCUT2D eigenvalue weighted by atomic mass is 16.5. The Morgan fingerprint density at radius 1 is 1.41 bits per heavy atom. The number of carbonyl (C=O) groups excluding carboxylic acids is 1. The van der Waals surface area contributed by atoms with E-state index in [1.807, 2.05) is 0 Å². The van der Waals surface area contributed by atoms with Crippen molar-refractivity contribution in [3.8, 4) is 0 Å². The van der Waals surface area contributed by atoms with E-state index in [2.05, 4.69) is 13.8 Å². The second-order valence-corrected chi connectivity index (χ2v) is 4.68. The summed E-state index contributed by atoms with van der Waals surface area (Å²) in [6.45, 7) is 5.02. The Hall–Kier alpha value is -0.990. The molecule has 0 aromatic rings. The number of hydrogen-bond acceptors (Lipinski definition) is 3. The fraction of sp³-hybridized carbons (Fsp3) is 0.786. The molecule has 0 radical (unpaired) electrons. The van der Waals surface area contributed by atoms with Gasteiger partial charge >= 0.3 is 5.97 Å². The monoisotopic (exact) mass is 240 g/mol. The Morgan fingerprint density at radius 2 is 2.18 bits per heavy atom. The number of rotatable bonds is 6. The van der Waals surface area contributed by atoms with Gasteiger partial charge in [-0.1, -0.05) is 33.1 Å². The number of ether oxygens (including phenoxy) is 2. The van der Waals surface area contributed by atoms with Gasteiger partial charge in [0, 0.05) is 5.92 Å². The Balaban J connectivity index is 2.64. The normalized spacial score (nSPS) is 22.2. The van der Waals surface area contributed by atoms with E-state index in [9.17, 15) is 4.79 Å². The van der Waals surface area contributed by atoms with Crippen LogP contribution in [0, 0.1) is 5.92 Å². The van der Waals surface area contributed by atoms with Crippen molar-refractivity contribution in [2.45, 2.75) is 52.4 Å². The zero-order chi connectivity index (χ0) is 12.7. The Bertz CT molecular complexity index is 281. The number of unbranched alkanes of at least 4 members (excludes halogenated alkanes) is 3. The number of hydrogen-bond donors (Lipinski definition) is 0. The average molecular weight is 240 g/mol. The molecule has 1 rings (SSSR count). The maximum Gasteiger partial charge on any atom is 0.337 e. The van der Waals surface area contributed by atoms with Gasteiger partial charge in [0.15, 0.2) is 0 Å². The minimum absolute atomic E-state index is 0.217. The second-order valence-electron chi connectivity index (χ2n) is 4.68. The first-order valence-electron chi connectivity index (χ1n) is 6.64. The lowest BCUT2D eigenvalue weighted by Gasteiger charge is -2.11. The topological polar surface area (TPSA) is 35.5 Å². The number of allylic oxidation sites excluding steroid dienone is 1. The zero-order valence-electron chi connectivity index (χ0n) is 11.3. The lowest BCUT2D eigenvalue weighted by molar-refractivity contribution is -0.136. The molecule has 17 heavy (non-hydrogen) atoms. The van der Waals surface area contributed by atoms with Crippen LogP contribution in [0.15, 0.2) is 11.3 Å². The third-order valence-electron chi connectivity index (χ3n) is 3.27.